The average Bonchev–Trinajstić information content (AvgIpc) is 3.14. The van der Waals surface area contributed by atoms with Crippen molar-refractivity contribution in [1.29, 1.82) is 0 Å². The lowest BCUT2D eigenvalue weighted by Crippen LogP contribution is -2.43. The molecule has 1 aliphatic rings. The summed E-state index contributed by atoms with van der Waals surface area (Å²) < 4.78 is 46.3. The first kappa shape index (κ1) is 23.4. The van der Waals surface area contributed by atoms with E-state index < -0.39 is 27.9 Å². The topological polar surface area (TPSA) is 92.8 Å². The Morgan fingerprint density at radius 2 is 1.68 bits per heavy atom. The molecule has 0 spiro atoms. The Bertz CT molecular complexity index is 1340. The SMILES string of the molecule is C[C@H](OC(=O)c1ccccc1NS(=O)(=O)c1ccc(F)cc1)C(=O)N1c2ccccc2C[C@@H]1C. The van der Waals surface area contributed by atoms with Gasteiger partial charge in [0.15, 0.2) is 6.10 Å². The Labute approximate surface area is 197 Å². The summed E-state index contributed by atoms with van der Waals surface area (Å²) in [5.74, 6) is -1.79. The van der Waals surface area contributed by atoms with Crippen LogP contribution in [0.2, 0.25) is 0 Å². The van der Waals surface area contributed by atoms with Gasteiger partial charge in [-0.1, -0.05) is 30.3 Å². The van der Waals surface area contributed by atoms with Gasteiger partial charge in [-0.3, -0.25) is 9.52 Å². The molecule has 2 atom stereocenters. The monoisotopic (exact) mass is 482 g/mol. The molecule has 34 heavy (non-hydrogen) atoms. The largest absolute Gasteiger partial charge is 0.449 e. The van der Waals surface area contributed by atoms with E-state index >= 15 is 0 Å². The first-order chi connectivity index (χ1) is 16.2. The van der Waals surface area contributed by atoms with E-state index in [0.717, 1.165) is 35.5 Å². The lowest BCUT2D eigenvalue weighted by atomic mass is 10.1. The summed E-state index contributed by atoms with van der Waals surface area (Å²) in [6.45, 7) is 3.41. The van der Waals surface area contributed by atoms with Crippen molar-refractivity contribution in [2.75, 3.05) is 9.62 Å². The Hall–Kier alpha value is -3.72. The van der Waals surface area contributed by atoms with Gasteiger partial charge in [0, 0.05) is 11.7 Å². The molecule has 0 radical (unpaired) electrons. The minimum atomic E-state index is -4.08. The minimum Gasteiger partial charge on any atom is -0.449 e. The zero-order chi connectivity index (χ0) is 24.5. The fourth-order valence-electron chi connectivity index (χ4n) is 3.94. The molecule has 1 amide bonds. The molecular formula is C25H23FN2O5S. The summed E-state index contributed by atoms with van der Waals surface area (Å²) in [5.41, 5.74) is 1.76. The third-order valence-corrected chi connectivity index (χ3v) is 6.97. The molecule has 0 unspecified atom stereocenters. The van der Waals surface area contributed by atoms with E-state index in [2.05, 4.69) is 4.72 Å². The second-order valence-corrected chi connectivity index (χ2v) is 9.73. The van der Waals surface area contributed by atoms with Crippen LogP contribution in [0.4, 0.5) is 15.8 Å². The van der Waals surface area contributed by atoms with Gasteiger partial charge in [0.25, 0.3) is 15.9 Å². The summed E-state index contributed by atoms with van der Waals surface area (Å²) in [6.07, 6.45) is -0.390. The highest BCUT2D eigenvalue weighted by molar-refractivity contribution is 7.92. The summed E-state index contributed by atoms with van der Waals surface area (Å²) in [7, 11) is -4.08. The van der Waals surface area contributed by atoms with Crippen LogP contribution in [0, 0.1) is 5.82 Å². The molecule has 1 heterocycles. The van der Waals surface area contributed by atoms with E-state index in [4.69, 9.17) is 4.74 Å². The van der Waals surface area contributed by atoms with Gasteiger partial charge in [-0.2, -0.15) is 0 Å². The Kier molecular flexibility index (Phi) is 6.39. The van der Waals surface area contributed by atoms with Gasteiger partial charge in [0.1, 0.15) is 5.82 Å². The molecule has 0 bridgehead atoms. The Morgan fingerprint density at radius 1 is 1.03 bits per heavy atom. The molecule has 0 saturated carbocycles. The predicted molar refractivity (Wildman–Crippen MR) is 126 cm³/mol. The smallest absolute Gasteiger partial charge is 0.341 e. The quantitative estimate of drug-likeness (QED) is 0.533. The summed E-state index contributed by atoms with van der Waals surface area (Å²) in [4.78, 5) is 27.5. The molecule has 3 aromatic carbocycles. The molecule has 0 saturated heterocycles. The van der Waals surface area contributed by atoms with Gasteiger partial charge < -0.3 is 9.64 Å². The third kappa shape index (κ3) is 4.65. The van der Waals surface area contributed by atoms with Gasteiger partial charge in [0.05, 0.1) is 16.1 Å². The summed E-state index contributed by atoms with van der Waals surface area (Å²) >= 11 is 0. The van der Waals surface area contributed by atoms with Crippen LogP contribution in [-0.4, -0.2) is 32.4 Å². The number of carbonyl (C=O) groups excluding carboxylic acids is 2. The number of hydrogen-bond donors (Lipinski definition) is 1. The molecular weight excluding hydrogens is 459 g/mol. The van der Waals surface area contributed by atoms with Crippen molar-refractivity contribution in [3.8, 4) is 0 Å². The van der Waals surface area contributed by atoms with Gasteiger partial charge in [-0.05, 0) is 68.3 Å². The highest BCUT2D eigenvalue weighted by Crippen LogP contribution is 2.32. The first-order valence-corrected chi connectivity index (χ1v) is 12.1. The van der Waals surface area contributed by atoms with Crippen molar-refractivity contribution in [3.05, 3.63) is 89.7 Å². The van der Waals surface area contributed by atoms with Crippen molar-refractivity contribution in [2.24, 2.45) is 0 Å². The van der Waals surface area contributed by atoms with Gasteiger partial charge in [-0.25, -0.2) is 17.6 Å². The molecule has 0 aromatic heterocycles. The van der Waals surface area contributed by atoms with Crippen LogP contribution < -0.4 is 9.62 Å². The van der Waals surface area contributed by atoms with Crippen LogP contribution >= 0.6 is 0 Å². The van der Waals surface area contributed by atoms with E-state index in [1.54, 1.807) is 17.0 Å². The van der Waals surface area contributed by atoms with Crippen molar-refractivity contribution in [1.82, 2.24) is 0 Å². The number of amides is 1. The average molecular weight is 483 g/mol. The van der Waals surface area contributed by atoms with Crippen molar-refractivity contribution >= 4 is 33.3 Å². The number of rotatable bonds is 6. The molecule has 0 aliphatic carbocycles. The fourth-order valence-corrected chi connectivity index (χ4v) is 5.02. The normalized spacial score (nSPS) is 16.0. The highest BCUT2D eigenvalue weighted by Gasteiger charge is 2.35. The van der Waals surface area contributed by atoms with Crippen LogP contribution in [0.25, 0.3) is 0 Å². The highest BCUT2D eigenvalue weighted by atomic mass is 32.2. The van der Waals surface area contributed by atoms with Gasteiger partial charge >= 0.3 is 5.97 Å². The number of anilines is 2. The Balaban J connectivity index is 1.52. The molecule has 7 nitrogen and oxygen atoms in total. The zero-order valence-electron chi connectivity index (χ0n) is 18.6. The molecule has 9 heteroatoms. The van der Waals surface area contributed by atoms with Crippen LogP contribution in [0.1, 0.15) is 29.8 Å². The number of nitrogens with zero attached hydrogens (tertiary/aromatic N) is 1. The lowest BCUT2D eigenvalue weighted by molar-refractivity contribution is -0.126. The number of ether oxygens (including phenoxy) is 1. The maximum atomic E-state index is 13.2. The second kappa shape index (κ2) is 9.26. The number of carbonyl (C=O) groups is 2. The molecule has 1 aliphatic heterocycles. The standard InChI is InChI=1S/C25H23FN2O5S/c1-16-15-18-7-3-6-10-23(18)28(16)24(29)17(2)33-25(30)21-8-4-5-9-22(21)27-34(31,32)20-13-11-19(26)12-14-20/h3-14,16-17,27H,15H2,1-2H3/t16-,17-/m0/s1. The first-order valence-electron chi connectivity index (χ1n) is 10.7. The third-order valence-electron chi connectivity index (χ3n) is 5.59. The maximum Gasteiger partial charge on any atom is 0.341 e. The summed E-state index contributed by atoms with van der Waals surface area (Å²) in [5, 5.41) is 0. The zero-order valence-corrected chi connectivity index (χ0v) is 19.4. The molecule has 0 fully saturated rings. The number of benzene rings is 3. The predicted octanol–water partition coefficient (Wildman–Crippen LogP) is 4.15. The maximum absolute atomic E-state index is 13.2. The van der Waals surface area contributed by atoms with Crippen LogP contribution in [0.3, 0.4) is 0 Å². The fraction of sp³-hybridized carbons (Fsp3) is 0.200. The number of sulfonamides is 1. The number of hydrogen-bond acceptors (Lipinski definition) is 5. The lowest BCUT2D eigenvalue weighted by Gasteiger charge is -2.26. The van der Waals surface area contributed by atoms with Crippen LogP contribution in [-0.2, 0) is 26.0 Å². The minimum absolute atomic E-state index is 0.0173. The Morgan fingerprint density at radius 3 is 2.41 bits per heavy atom. The van der Waals surface area contributed by atoms with Gasteiger partial charge in [-0.15, -0.1) is 0 Å². The van der Waals surface area contributed by atoms with Crippen molar-refractivity contribution in [2.45, 2.75) is 37.3 Å². The molecule has 4 rings (SSSR count). The molecule has 3 aromatic rings. The number of nitrogens with one attached hydrogen (secondary N) is 1. The number of para-hydroxylation sites is 2. The van der Waals surface area contributed by atoms with E-state index in [9.17, 15) is 22.4 Å². The van der Waals surface area contributed by atoms with Gasteiger partial charge in [0.2, 0.25) is 0 Å². The number of fused-ring (bicyclic) bond motifs is 1. The van der Waals surface area contributed by atoms with E-state index in [0.29, 0.717) is 6.42 Å². The number of esters is 1. The number of halogens is 1. The molecule has 176 valence electrons. The van der Waals surface area contributed by atoms with E-state index in [1.807, 2.05) is 31.2 Å². The second-order valence-electron chi connectivity index (χ2n) is 8.04. The van der Waals surface area contributed by atoms with E-state index in [-0.39, 0.29) is 28.1 Å². The van der Waals surface area contributed by atoms with Crippen molar-refractivity contribution < 1.29 is 27.1 Å². The summed E-state index contributed by atoms with van der Waals surface area (Å²) in [6, 6.07) is 17.7. The molecule has 1 N–H and O–H groups in total. The van der Waals surface area contributed by atoms with E-state index in [1.165, 1.54) is 19.1 Å². The van der Waals surface area contributed by atoms with Crippen LogP contribution in [0.15, 0.2) is 77.7 Å². The van der Waals surface area contributed by atoms with Crippen LogP contribution in [0.5, 0.6) is 0 Å². The van der Waals surface area contributed by atoms with Crippen molar-refractivity contribution in [3.63, 3.8) is 0 Å².